The number of carboxylic acids is 1. The summed E-state index contributed by atoms with van der Waals surface area (Å²) in [6.45, 7) is 1.78. The zero-order chi connectivity index (χ0) is 14.7. The summed E-state index contributed by atoms with van der Waals surface area (Å²) >= 11 is 1.44. The molecule has 1 aromatic carbocycles. The Bertz CT molecular complexity index is 640. The zero-order valence-electron chi connectivity index (χ0n) is 11.2. The maximum absolute atomic E-state index is 10.8. The average Bonchev–Trinajstić information content (AvgIpc) is 2.96. The maximum Gasteiger partial charge on any atom is 0.336 e. The smallest absolute Gasteiger partial charge is 0.336 e. The predicted molar refractivity (Wildman–Crippen MR) is 79.3 cm³/mol. The van der Waals surface area contributed by atoms with Crippen molar-refractivity contribution in [2.45, 2.75) is 12.6 Å². The Morgan fingerprint density at radius 3 is 2.95 bits per heavy atom. The van der Waals surface area contributed by atoms with Gasteiger partial charge in [0.25, 0.3) is 0 Å². The van der Waals surface area contributed by atoms with Crippen molar-refractivity contribution in [1.29, 1.82) is 0 Å². The first-order chi connectivity index (χ1) is 10.2. The van der Waals surface area contributed by atoms with Crippen molar-refractivity contribution in [2.24, 2.45) is 0 Å². The van der Waals surface area contributed by atoms with Crippen LogP contribution in [0.3, 0.4) is 0 Å². The summed E-state index contributed by atoms with van der Waals surface area (Å²) < 4.78 is 11.5. The summed E-state index contributed by atoms with van der Waals surface area (Å²) in [5.41, 5.74) is 0.336. The number of rotatable bonds is 5. The number of ether oxygens (including phenoxy) is 2. The molecule has 1 aliphatic heterocycles. The van der Waals surface area contributed by atoms with Crippen LogP contribution >= 0.6 is 11.3 Å². The highest BCUT2D eigenvalue weighted by Gasteiger charge is 2.20. The first kappa shape index (κ1) is 13.9. The summed E-state index contributed by atoms with van der Waals surface area (Å²) in [6.07, 6.45) is -0.0428. The zero-order valence-corrected chi connectivity index (χ0v) is 12.1. The van der Waals surface area contributed by atoms with Crippen molar-refractivity contribution in [1.82, 2.24) is 5.32 Å². The van der Waals surface area contributed by atoms with Crippen molar-refractivity contribution in [3.63, 3.8) is 0 Å². The lowest BCUT2D eigenvalue weighted by molar-refractivity contribution is 0.0697. The van der Waals surface area contributed by atoms with Gasteiger partial charge in [0, 0.05) is 23.3 Å². The summed E-state index contributed by atoms with van der Waals surface area (Å²) in [5.74, 6) is 0.649. The van der Waals surface area contributed by atoms with E-state index in [-0.39, 0.29) is 6.10 Å². The van der Waals surface area contributed by atoms with E-state index in [1.54, 1.807) is 11.4 Å². The van der Waals surface area contributed by atoms with Gasteiger partial charge in [-0.3, -0.25) is 0 Å². The van der Waals surface area contributed by atoms with Gasteiger partial charge in [-0.2, -0.15) is 0 Å². The number of benzene rings is 1. The number of nitrogens with one attached hydrogen (secondary N) is 1. The highest BCUT2D eigenvalue weighted by Crippen LogP contribution is 2.30. The van der Waals surface area contributed by atoms with Crippen molar-refractivity contribution < 1.29 is 19.4 Å². The molecule has 0 saturated carbocycles. The molecule has 0 spiro atoms. The molecule has 0 amide bonds. The summed E-state index contributed by atoms with van der Waals surface area (Å²) in [6, 6.07) is 9.29. The Hall–Kier alpha value is -2.05. The van der Waals surface area contributed by atoms with Crippen LogP contribution in [0.5, 0.6) is 11.5 Å². The fraction of sp³-hybridized carbons (Fsp3) is 0.267. The number of para-hydroxylation sites is 2. The molecule has 1 unspecified atom stereocenters. The van der Waals surface area contributed by atoms with Gasteiger partial charge in [-0.1, -0.05) is 12.1 Å². The molecule has 2 N–H and O–H groups in total. The second-order valence-electron chi connectivity index (χ2n) is 4.74. The molecule has 2 aromatic rings. The molecule has 1 atom stereocenters. The Morgan fingerprint density at radius 1 is 1.38 bits per heavy atom. The van der Waals surface area contributed by atoms with Crippen LogP contribution in [-0.4, -0.2) is 30.3 Å². The third-order valence-corrected chi connectivity index (χ3v) is 4.08. The first-order valence-electron chi connectivity index (χ1n) is 6.62. The van der Waals surface area contributed by atoms with Gasteiger partial charge in [0.1, 0.15) is 12.7 Å². The minimum Gasteiger partial charge on any atom is -0.486 e. The van der Waals surface area contributed by atoms with Crippen LogP contribution in [0.2, 0.25) is 0 Å². The molecule has 110 valence electrons. The minimum atomic E-state index is -0.891. The number of fused-ring (bicyclic) bond motifs is 1. The molecular weight excluding hydrogens is 290 g/mol. The van der Waals surface area contributed by atoms with Crippen molar-refractivity contribution >= 4 is 17.3 Å². The highest BCUT2D eigenvalue weighted by molar-refractivity contribution is 7.10. The Morgan fingerprint density at radius 2 is 2.19 bits per heavy atom. The van der Waals surface area contributed by atoms with Gasteiger partial charge in [0.15, 0.2) is 11.5 Å². The van der Waals surface area contributed by atoms with E-state index in [1.807, 2.05) is 24.3 Å². The van der Waals surface area contributed by atoms with Crippen molar-refractivity contribution in [3.05, 3.63) is 46.2 Å². The van der Waals surface area contributed by atoms with E-state index in [0.29, 0.717) is 25.3 Å². The first-order valence-corrected chi connectivity index (χ1v) is 7.50. The van der Waals surface area contributed by atoms with E-state index in [9.17, 15) is 4.79 Å². The number of hydrogen-bond donors (Lipinski definition) is 2. The van der Waals surface area contributed by atoms with Gasteiger partial charge >= 0.3 is 5.97 Å². The normalized spacial score (nSPS) is 16.7. The lowest BCUT2D eigenvalue weighted by Crippen LogP contribution is -2.38. The molecule has 0 fully saturated rings. The van der Waals surface area contributed by atoms with Gasteiger partial charge in [-0.05, 0) is 18.2 Å². The van der Waals surface area contributed by atoms with Crippen molar-refractivity contribution in [3.8, 4) is 11.5 Å². The van der Waals surface area contributed by atoms with E-state index in [1.165, 1.54) is 11.3 Å². The maximum atomic E-state index is 10.8. The van der Waals surface area contributed by atoms with Gasteiger partial charge in [0.2, 0.25) is 0 Å². The molecule has 0 saturated heterocycles. The summed E-state index contributed by atoms with van der Waals surface area (Å²) in [5, 5.41) is 13.8. The molecule has 5 nitrogen and oxygen atoms in total. The quantitative estimate of drug-likeness (QED) is 0.887. The standard InChI is InChI=1S/C15H15NO4S/c17-15(18)10-5-12(21-9-10)7-16-6-11-8-19-13-3-1-2-4-14(13)20-11/h1-5,9,11,16H,6-8H2,(H,17,18). The second kappa shape index (κ2) is 6.15. The van der Waals surface area contributed by atoms with E-state index in [0.717, 1.165) is 16.4 Å². The SMILES string of the molecule is O=C(O)c1csc(CNCC2COc3ccccc3O2)c1. The van der Waals surface area contributed by atoms with Crippen LogP contribution in [-0.2, 0) is 6.54 Å². The number of carboxylic acid groups (broad SMARTS) is 1. The third kappa shape index (κ3) is 3.34. The minimum absolute atomic E-state index is 0.0428. The fourth-order valence-electron chi connectivity index (χ4n) is 2.11. The molecule has 21 heavy (non-hydrogen) atoms. The number of hydrogen-bond acceptors (Lipinski definition) is 5. The second-order valence-corrected chi connectivity index (χ2v) is 5.73. The van der Waals surface area contributed by atoms with E-state index >= 15 is 0 Å². The monoisotopic (exact) mass is 305 g/mol. The van der Waals surface area contributed by atoms with Gasteiger partial charge in [-0.25, -0.2) is 4.79 Å². The molecule has 6 heteroatoms. The molecule has 0 radical (unpaired) electrons. The summed E-state index contributed by atoms with van der Waals surface area (Å²) in [7, 11) is 0. The topological polar surface area (TPSA) is 67.8 Å². The van der Waals surface area contributed by atoms with Crippen LogP contribution in [0.4, 0.5) is 0 Å². The molecule has 1 aromatic heterocycles. The van der Waals surface area contributed by atoms with Gasteiger partial charge in [-0.15, -0.1) is 11.3 Å². The molecular formula is C15H15NO4S. The van der Waals surface area contributed by atoms with Crippen LogP contribution < -0.4 is 14.8 Å². The van der Waals surface area contributed by atoms with Crippen LogP contribution in [0, 0.1) is 0 Å². The number of aromatic carboxylic acids is 1. The Kier molecular flexibility index (Phi) is 4.08. The lowest BCUT2D eigenvalue weighted by Gasteiger charge is -2.26. The fourth-order valence-corrected chi connectivity index (χ4v) is 2.93. The van der Waals surface area contributed by atoms with Crippen LogP contribution in [0.15, 0.2) is 35.7 Å². The number of thiophene rings is 1. The van der Waals surface area contributed by atoms with Gasteiger partial charge in [0.05, 0.1) is 5.56 Å². The Labute approximate surface area is 126 Å². The third-order valence-electron chi connectivity index (χ3n) is 3.14. The highest BCUT2D eigenvalue weighted by atomic mass is 32.1. The molecule has 2 heterocycles. The Balaban J connectivity index is 1.49. The van der Waals surface area contributed by atoms with E-state index < -0.39 is 5.97 Å². The largest absolute Gasteiger partial charge is 0.486 e. The number of carbonyl (C=O) groups is 1. The van der Waals surface area contributed by atoms with Crippen LogP contribution in [0.1, 0.15) is 15.2 Å². The molecule has 1 aliphatic rings. The van der Waals surface area contributed by atoms with Crippen LogP contribution in [0.25, 0.3) is 0 Å². The van der Waals surface area contributed by atoms with Crippen molar-refractivity contribution in [2.75, 3.05) is 13.2 Å². The lowest BCUT2D eigenvalue weighted by atomic mass is 10.2. The summed E-state index contributed by atoms with van der Waals surface area (Å²) in [4.78, 5) is 11.8. The average molecular weight is 305 g/mol. The molecule has 3 rings (SSSR count). The van der Waals surface area contributed by atoms with E-state index in [4.69, 9.17) is 14.6 Å². The molecule has 0 aliphatic carbocycles. The van der Waals surface area contributed by atoms with Gasteiger partial charge < -0.3 is 19.9 Å². The predicted octanol–water partition coefficient (Wildman–Crippen LogP) is 2.38. The molecule has 0 bridgehead atoms. The van der Waals surface area contributed by atoms with E-state index in [2.05, 4.69) is 5.32 Å².